The molecular formula is C17H18N4O6. The number of nitrogens with one attached hydrogen (secondary N) is 1. The molecule has 0 spiro atoms. The molecule has 3 rings (SSSR count). The molecular weight excluding hydrogens is 356 g/mol. The van der Waals surface area contributed by atoms with Crippen LogP contribution in [0.2, 0.25) is 0 Å². The normalized spacial score (nSPS) is 10.9. The number of carbonyl (C=O) groups excluding carboxylic acids is 2. The van der Waals surface area contributed by atoms with Crippen molar-refractivity contribution >= 4 is 23.0 Å². The Kier molecular flexibility index (Phi) is 5.06. The molecule has 1 amide bonds. The van der Waals surface area contributed by atoms with E-state index in [0.717, 1.165) is 10.3 Å². The van der Waals surface area contributed by atoms with Gasteiger partial charge in [-0.2, -0.15) is 4.98 Å². The van der Waals surface area contributed by atoms with E-state index in [9.17, 15) is 14.4 Å². The number of amides is 1. The summed E-state index contributed by atoms with van der Waals surface area (Å²) in [5, 5.41) is 6.12. The maximum atomic E-state index is 12.8. The van der Waals surface area contributed by atoms with Gasteiger partial charge >= 0.3 is 5.97 Å². The standard InChI is InChI=1S/C17H18N4O6/c1-4-25-17(24)14-13-15(27-20-14)19-10(3)21(16(13)23)8-12(22)18-7-11-6-5-9(2)26-11/h5-6H,4,7-8H2,1-3H3,(H,18,22). The molecule has 0 radical (unpaired) electrons. The molecule has 0 fully saturated rings. The van der Waals surface area contributed by atoms with Crippen LogP contribution in [0, 0.1) is 13.8 Å². The van der Waals surface area contributed by atoms with E-state index in [2.05, 4.69) is 15.5 Å². The molecule has 0 aromatic carbocycles. The molecule has 142 valence electrons. The fourth-order valence-electron chi connectivity index (χ4n) is 2.53. The molecule has 3 aromatic rings. The highest BCUT2D eigenvalue weighted by molar-refractivity contribution is 5.99. The van der Waals surface area contributed by atoms with Gasteiger partial charge in [-0.15, -0.1) is 0 Å². The second-order valence-corrected chi connectivity index (χ2v) is 5.77. The maximum Gasteiger partial charge on any atom is 0.361 e. The smallest absolute Gasteiger partial charge is 0.361 e. The summed E-state index contributed by atoms with van der Waals surface area (Å²) in [7, 11) is 0. The van der Waals surface area contributed by atoms with Crippen LogP contribution in [0.1, 0.15) is 34.8 Å². The maximum absolute atomic E-state index is 12.8. The van der Waals surface area contributed by atoms with Crippen LogP contribution in [0.3, 0.4) is 0 Å². The molecule has 0 unspecified atom stereocenters. The molecule has 10 heteroatoms. The van der Waals surface area contributed by atoms with Crippen molar-refractivity contribution in [1.29, 1.82) is 0 Å². The lowest BCUT2D eigenvalue weighted by Gasteiger charge is -2.09. The molecule has 0 atom stereocenters. The topological polar surface area (TPSA) is 129 Å². The van der Waals surface area contributed by atoms with Gasteiger partial charge in [-0.1, -0.05) is 5.16 Å². The number of carbonyl (C=O) groups is 2. The van der Waals surface area contributed by atoms with E-state index in [1.807, 2.05) is 0 Å². The summed E-state index contributed by atoms with van der Waals surface area (Å²) >= 11 is 0. The van der Waals surface area contributed by atoms with Crippen molar-refractivity contribution in [2.75, 3.05) is 6.61 Å². The van der Waals surface area contributed by atoms with E-state index in [-0.39, 0.29) is 42.3 Å². The Labute approximate surface area is 153 Å². The van der Waals surface area contributed by atoms with Crippen molar-refractivity contribution in [3.05, 3.63) is 45.5 Å². The van der Waals surface area contributed by atoms with Gasteiger partial charge in [-0.3, -0.25) is 14.2 Å². The lowest BCUT2D eigenvalue weighted by atomic mass is 10.3. The molecule has 0 aliphatic carbocycles. The Balaban J connectivity index is 1.85. The number of esters is 1. The number of furan rings is 1. The number of aryl methyl sites for hydroxylation is 2. The average Bonchev–Trinajstić information content (AvgIpc) is 3.23. The molecule has 0 saturated heterocycles. The fraction of sp³-hybridized carbons (Fsp3) is 0.353. The number of fused-ring (bicyclic) bond motifs is 1. The monoisotopic (exact) mass is 374 g/mol. The van der Waals surface area contributed by atoms with Crippen LogP contribution in [0.4, 0.5) is 0 Å². The first-order valence-electron chi connectivity index (χ1n) is 8.26. The zero-order valence-electron chi connectivity index (χ0n) is 15.1. The highest BCUT2D eigenvalue weighted by atomic mass is 16.5. The van der Waals surface area contributed by atoms with Gasteiger partial charge in [0.25, 0.3) is 11.3 Å². The van der Waals surface area contributed by atoms with Crippen molar-refractivity contribution in [2.45, 2.75) is 33.9 Å². The van der Waals surface area contributed by atoms with E-state index in [1.165, 1.54) is 0 Å². The zero-order valence-corrected chi connectivity index (χ0v) is 15.1. The number of aromatic nitrogens is 3. The molecule has 0 saturated carbocycles. The molecule has 10 nitrogen and oxygen atoms in total. The van der Waals surface area contributed by atoms with Gasteiger partial charge in [0, 0.05) is 0 Å². The second kappa shape index (κ2) is 7.44. The number of hydrogen-bond donors (Lipinski definition) is 1. The van der Waals surface area contributed by atoms with Gasteiger partial charge < -0.3 is 19.0 Å². The predicted molar refractivity (Wildman–Crippen MR) is 92.0 cm³/mol. The van der Waals surface area contributed by atoms with E-state index in [1.54, 1.807) is 32.9 Å². The van der Waals surface area contributed by atoms with E-state index in [4.69, 9.17) is 13.7 Å². The summed E-state index contributed by atoms with van der Waals surface area (Å²) in [6, 6.07) is 3.54. The van der Waals surface area contributed by atoms with Crippen LogP contribution >= 0.6 is 0 Å². The summed E-state index contributed by atoms with van der Waals surface area (Å²) in [6.45, 7) is 5.02. The first kappa shape index (κ1) is 18.4. The first-order valence-corrected chi connectivity index (χ1v) is 8.26. The third kappa shape index (κ3) is 3.73. The van der Waals surface area contributed by atoms with Gasteiger partial charge in [-0.25, -0.2) is 4.79 Å². The van der Waals surface area contributed by atoms with Crippen LogP contribution in [-0.2, 0) is 22.6 Å². The summed E-state index contributed by atoms with van der Waals surface area (Å²) < 4.78 is 16.3. The number of ether oxygens (including phenoxy) is 1. The third-order valence-electron chi connectivity index (χ3n) is 3.81. The van der Waals surface area contributed by atoms with Crippen LogP contribution in [0.5, 0.6) is 0 Å². The van der Waals surface area contributed by atoms with E-state index >= 15 is 0 Å². The van der Waals surface area contributed by atoms with Gasteiger partial charge in [-0.05, 0) is 32.9 Å². The minimum Gasteiger partial charge on any atom is -0.465 e. The minimum atomic E-state index is -0.789. The van der Waals surface area contributed by atoms with E-state index < -0.39 is 17.4 Å². The zero-order chi connectivity index (χ0) is 19.6. The fourth-order valence-corrected chi connectivity index (χ4v) is 2.53. The Morgan fingerprint density at radius 3 is 2.74 bits per heavy atom. The van der Waals surface area contributed by atoms with Crippen molar-refractivity contribution in [3.63, 3.8) is 0 Å². The van der Waals surface area contributed by atoms with Crippen molar-refractivity contribution in [3.8, 4) is 0 Å². The highest BCUT2D eigenvalue weighted by Gasteiger charge is 2.24. The van der Waals surface area contributed by atoms with E-state index in [0.29, 0.717) is 5.76 Å². The molecule has 27 heavy (non-hydrogen) atoms. The molecule has 0 aliphatic rings. The average molecular weight is 374 g/mol. The van der Waals surface area contributed by atoms with Crippen LogP contribution < -0.4 is 10.9 Å². The van der Waals surface area contributed by atoms with Crippen molar-refractivity contribution in [1.82, 2.24) is 20.0 Å². The Bertz CT molecular complexity index is 1060. The summed E-state index contributed by atoms with van der Waals surface area (Å²) in [6.07, 6.45) is 0. The third-order valence-corrected chi connectivity index (χ3v) is 3.81. The van der Waals surface area contributed by atoms with Crippen molar-refractivity contribution < 1.29 is 23.3 Å². The lowest BCUT2D eigenvalue weighted by molar-refractivity contribution is -0.122. The highest BCUT2D eigenvalue weighted by Crippen LogP contribution is 2.14. The molecule has 0 aliphatic heterocycles. The summed E-state index contributed by atoms with van der Waals surface area (Å²) in [5.41, 5.74) is -0.946. The van der Waals surface area contributed by atoms with Crippen LogP contribution in [-0.4, -0.2) is 33.2 Å². The number of nitrogens with zero attached hydrogens (tertiary/aromatic N) is 3. The molecule has 1 N–H and O–H groups in total. The first-order chi connectivity index (χ1) is 12.9. The molecule has 0 bridgehead atoms. The number of hydrogen-bond acceptors (Lipinski definition) is 8. The lowest BCUT2D eigenvalue weighted by Crippen LogP contribution is -2.34. The van der Waals surface area contributed by atoms with Gasteiger partial charge in [0.15, 0.2) is 0 Å². The summed E-state index contributed by atoms with van der Waals surface area (Å²) in [5.74, 6) is 0.387. The number of rotatable bonds is 6. The Morgan fingerprint density at radius 2 is 2.07 bits per heavy atom. The quantitative estimate of drug-likeness (QED) is 0.635. The Hall–Kier alpha value is -3.43. The largest absolute Gasteiger partial charge is 0.465 e. The SMILES string of the molecule is CCOC(=O)c1noc2nc(C)n(CC(=O)NCc3ccc(C)o3)c(=O)c12. The minimum absolute atomic E-state index is 0.0803. The van der Waals surface area contributed by atoms with Gasteiger partial charge in [0.1, 0.15) is 29.3 Å². The predicted octanol–water partition coefficient (Wildman–Crippen LogP) is 1.09. The molecule has 3 aromatic heterocycles. The van der Waals surface area contributed by atoms with Gasteiger partial charge in [0.05, 0.1) is 13.2 Å². The Morgan fingerprint density at radius 1 is 1.30 bits per heavy atom. The van der Waals surface area contributed by atoms with Gasteiger partial charge in [0.2, 0.25) is 11.6 Å². The summed E-state index contributed by atoms with van der Waals surface area (Å²) in [4.78, 5) is 41.0. The van der Waals surface area contributed by atoms with Crippen LogP contribution in [0.15, 0.2) is 25.9 Å². The second-order valence-electron chi connectivity index (χ2n) is 5.77. The molecule has 3 heterocycles. The van der Waals surface area contributed by atoms with Crippen LogP contribution in [0.25, 0.3) is 11.1 Å². The van der Waals surface area contributed by atoms with Crippen molar-refractivity contribution in [2.24, 2.45) is 0 Å².